The number of carboxylic acids is 1. The highest BCUT2D eigenvalue weighted by atomic mass is 16.4. The van der Waals surface area contributed by atoms with Crippen molar-refractivity contribution in [3.63, 3.8) is 0 Å². The van der Waals surface area contributed by atoms with Crippen LogP contribution in [0.25, 0.3) is 0 Å². The summed E-state index contributed by atoms with van der Waals surface area (Å²) in [6, 6.07) is 0. The summed E-state index contributed by atoms with van der Waals surface area (Å²) in [4.78, 5) is 10.3. The molecule has 0 fully saturated rings. The van der Waals surface area contributed by atoms with Gasteiger partial charge in [0, 0.05) is 6.42 Å². The maximum absolute atomic E-state index is 10.3. The molecule has 0 aliphatic heterocycles. The predicted molar refractivity (Wildman–Crippen MR) is 77.7 cm³/mol. The first-order valence-electron chi connectivity index (χ1n) is 6.94. The molecule has 0 saturated heterocycles. The minimum atomic E-state index is -0.687. The molecule has 102 valence electrons. The van der Waals surface area contributed by atoms with E-state index in [1.807, 2.05) is 0 Å². The van der Waals surface area contributed by atoms with Crippen molar-refractivity contribution < 1.29 is 9.90 Å². The summed E-state index contributed by atoms with van der Waals surface area (Å²) in [5, 5.41) is 8.46. The van der Waals surface area contributed by atoms with Gasteiger partial charge < -0.3 is 5.11 Å². The number of allylic oxidation sites excluding steroid dienone is 6. The first kappa shape index (κ1) is 16.7. The van der Waals surface area contributed by atoms with Crippen molar-refractivity contribution in [3.05, 3.63) is 36.5 Å². The van der Waals surface area contributed by atoms with Crippen LogP contribution in [0.2, 0.25) is 0 Å². The van der Waals surface area contributed by atoms with E-state index in [1.54, 1.807) is 0 Å². The Hall–Kier alpha value is -1.31. The van der Waals surface area contributed by atoms with Crippen molar-refractivity contribution >= 4 is 5.97 Å². The first-order chi connectivity index (χ1) is 8.77. The third-order valence-corrected chi connectivity index (χ3v) is 2.54. The van der Waals surface area contributed by atoms with E-state index in [1.165, 1.54) is 0 Å². The summed E-state index contributed by atoms with van der Waals surface area (Å²) in [7, 11) is 0. The van der Waals surface area contributed by atoms with E-state index in [2.05, 4.69) is 43.4 Å². The molecule has 0 rings (SSSR count). The molecule has 0 spiro atoms. The van der Waals surface area contributed by atoms with Crippen LogP contribution in [-0.4, -0.2) is 11.1 Å². The molecule has 0 radical (unpaired) electrons. The number of unbranched alkanes of at least 4 members (excludes halogenated alkanes) is 3. The van der Waals surface area contributed by atoms with E-state index in [-0.39, 0.29) is 0 Å². The van der Waals surface area contributed by atoms with Crippen LogP contribution in [0.4, 0.5) is 0 Å². The zero-order valence-electron chi connectivity index (χ0n) is 11.5. The van der Waals surface area contributed by atoms with Crippen LogP contribution in [0.3, 0.4) is 0 Å². The SMILES string of the molecule is CCC=CCC=CC/C=C\CCCCCC(=O)O. The molecule has 0 saturated carbocycles. The Labute approximate surface area is 111 Å². The van der Waals surface area contributed by atoms with Gasteiger partial charge >= 0.3 is 5.97 Å². The number of rotatable bonds is 11. The Bertz CT molecular complexity index is 275. The lowest BCUT2D eigenvalue weighted by Gasteiger charge is -1.94. The number of hydrogen-bond acceptors (Lipinski definition) is 1. The minimum absolute atomic E-state index is 0.303. The van der Waals surface area contributed by atoms with E-state index < -0.39 is 5.97 Å². The molecule has 1 N–H and O–H groups in total. The fourth-order valence-corrected chi connectivity index (χ4v) is 1.54. The van der Waals surface area contributed by atoms with Crippen LogP contribution < -0.4 is 0 Å². The molecular weight excluding hydrogens is 224 g/mol. The summed E-state index contributed by atoms with van der Waals surface area (Å²) in [6.07, 6.45) is 20.5. The summed E-state index contributed by atoms with van der Waals surface area (Å²) in [5.74, 6) is -0.687. The number of hydrogen-bond donors (Lipinski definition) is 1. The van der Waals surface area contributed by atoms with Gasteiger partial charge in [-0.2, -0.15) is 0 Å². The van der Waals surface area contributed by atoms with Gasteiger partial charge in [-0.1, -0.05) is 49.8 Å². The molecule has 0 aliphatic rings. The zero-order chi connectivity index (χ0) is 13.5. The van der Waals surface area contributed by atoms with E-state index in [4.69, 9.17) is 5.11 Å². The zero-order valence-corrected chi connectivity index (χ0v) is 11.5. The van der Waals surface area contributed by atoms with Crippen molar-refractivity contribution in [3.8, 4) is 0 Å². The van der Waals surface area contributed by atoms with Crippen molar-refractivity contribution in [2.24, 2.45) is 0 Å². The molecule has 0 aromatic carbocycles. The highest BCUT2D eigenvalue weighted by molar-refractivity contribution is 5.66. The van der Waals surface area contributed by atoms with Crippen molar-refractivity contribution in [1.29, 1.82) is 0 Å². The van der Waals surface area contributed by atoms with Crippen LogP contribution in [-0.2, 0) is 4.79 Å². The molecule has 0 bridgehead atoms. The topological polar surface area (TPSA) is 37.3 Å². The third-order valence-electron chi connectivity index (χ3n) is 2.54. The average molecular weight is 250 g/mol. The van der Waals surface area contributed by atoms with Crippen LogP contribution in [0, 0.1) is 0 Å². The Morgan fingerprint density at radius 2 is 1.50 bits per heavy atom. The first-order valence-corrected chi connectivity index (χ1v) is 6.94. The quantitative estimate of drug-likeness (QED) is 0.419. The maximum atomic E-state index is 10.3. The highest BCUT2D eigenvalue weighted by Gasteiger charge is 1.94. The molecule has 0 unspecified atom stereocenters. The van der Waals surface area contributed by atoms with Crippen LogP contribution in [0.5, 0.6) is 0 Å². The van der Waals surface area contributed by atoms with Gasteiger partial charge in [0.2, 0.25) is 0 Å². The summed E-state index contributed by atoms with van der Waals surface area (Å²) in [6.45, 7) is 2.14. The number of carbonyl (C=O) groups is 1. The van der Waals surface area contributed by atoms with Gasteiger partial charge in [0.05, 0.1) is 0 Å². The molecule has 0 heterocycles. The standard InChI is InChI=1S/C16H26O2/c1-2-3-4-5-6-7-8-9-10-11-12-13-14-15-16(17)18/h3-4,6-7,9-10H,2,5,8,11-15H2,1H3,(H,17,18)/b4-3?,7-6?,10-9-. The largest absolute Gasteiger partial charge is 0.481 e. The molecule has 2 nitrogen and oxygen atoms in total. The lowest BCUT2D eigenvalue weighted by Crippen LogP contribution is -1.93. The maximum Gasteiger partial charge on any atom is 0.303 e. The Kier molecular flexibility index (Phi) is 12.8. The molecule has 0 aliphatic carbocycles. The fourth-order valence-electron chi connectivity index (χ4n) is 1.54. The fraction of sp³-hybridized carbons (Fsp3) is 0.562. The van der Waals surface area contributed by atoms with Crippen LogP contribution in [0.1, 0.15) is 58.3 Å². The van der Waals surface area contributed by atoms with Gasteiger partial charge in [-0.15, -0.1) is 0 Å². The number of aliphatic carboxylic acids is 1. The Morgan fingerprint density at radius 1 is 0.889 bits per heavy atom. The van der Waals surface area contributed by atoms with Gasteiger partial charge in [0.25, 0.3) is 0 Å². The van der Waals surface area contributed by atoms with E-state index in [9.17, 15) is 4.79 Å². The van der Waals surface area contributed by atoms with Crippen molar-refractivity contribution in [1.82, 2.24) is 0 Å². The third kappa shape index (κ3) is 14.7. The van der Waals surface area contributed by atoms with Crippen molar-refractivity contribution in [2.75, 3.05) is 0 Å². The summed E-state index contributed by atoms with van der Waals surface area (Å²) in [5.41, 5.74) is 0. The van der Waals surface area contributed by atoms with Crippen molar-refractivity contribution in [2.45, 2.75) is 58.3 Å². The van der Waals surface area contributed by atoms with Gasteiger partial charge in [0.15, 0.2) is 0 Å². The van der Waals surface area contributed by atoms with Gasteiger partial charge in [-0.05, 0) is 38.5 Å². The normalized spacial score (nSPS) is 12.1. The molecule has 2 heteroatoms. The van der Waals surface area contributed by atoms with E-state index in [0.29, 0.717) is 6.42 Å². The second kappa shape index (κ2) is 13.8. The van der Waals surface area contributed by atoms with Crippen LogP contribution in [0.15, 0.2) is 36.5 Å². The van der Waals surface area contributed by atoms with Gasteiger partial charge in [-0.3, -0.25) is 4.79 Å². The summed E-state index contributed by atoms with van der Waals surface area (Å²) < 4.78 is 0. The molecule has 0 atom stereocenters. The Morgan fingerprint density at radius 3 is 2.11 bits per heavy atom. The summed E-state index contributed by atoms with van der Waals surface area (Å²) >= 11 is 0. The Balaban J connectivity index is 3.27. The van der Waals surface area contributed by atoms with Gasteiger partial charge in [-0.25, -0.2) is 0 Å². The monoisotopic (exact) mass is 250 g/mol. The highest BCUT2D eigenvalue weighted by Crippen LogP contribution is 2.04. The predicted octanol–water partition coefficient (Wildman–Crippen LogP) is 4.88. The molecule has 0 aromatic rings. The van der Waals surface area contributed by atoms with E-state index >= 15 is 0 Å². The van der Waals surface area contributed by atoms with Crippen LogP contribution >= 0.6 is 0 Å². The lowest BCUT2D eigenvalue weighted by molar-refractivity contribution is -0.137. The molecular formula is C16H26O2. The van der Waals surface area contributed by atoms with E-state index in [0.717, 1.165) is 44.9 Å². The molecule has 0 aromatic heterocycles. The van der Waals surface area contributed by atoms with Gasteiger partial charge in [0.1, 0.15) is 0 Å². The number of carboxylic acid groups (broad SMARTS) is 1. The second-order valence-corrected chi connectivity index (χ2v) is 4.29. The molecule has 18 heavy (non-hydrogen) atoms. The molecule has 0 amide bonds. The lowest BCUT2D eigenvalue weighted by atomic mass is 10.1. The average Bonchev–Trinajstić information content (AvgIpc) is 2.34. The second-order valence-electron chi connectivity index (χ2n) is 4.29. The minimum Gasteiger partial charge on any atom is -0.481 e. The smallest absolute Gasteiger partial charge is 0.303 e.